The van der Waals surface area contributed by atoms with Crippen LogP contribution < -0.4 is 25.1 Å². The second kappa shape index (κ2) is 8.55. The first-order chi connectivity index (χ1) is 14.6. The smallest absolute Gasteiger partial charge is 0.275 e. The third kappa shape index (κ3) is 4.34. The van der Waals surface area contributed by atoms with Gasteiger partial charge in [-0.05, 0) is 39.0 Å². The van der Waals surface area contributed by atoms with Gasteiger partial charge in [-0.15, -0.1) is 0 Å². The van der Waals surface area contributed by atoms with E-state index in [1.165, 1.54) is 21.3 Å². The van der Waals surface area contributed by atoms with Crippen LogP contribution in [0.2, 0.25) is 5.02 Å². The Kier molecular flexibility index (Phi) is 6.22. The average Bonchev–Trinajstić information content (AvgIpc) is 2.98. The Balaban J connectivity index is 2.01. The number of aromatic nitrogens is 2. The summed E-state index contributed by atoms with van der Waals surface area (Å²) >= 11 is 6.09. The SMILES string of the molecule is COc1cc(NC(=O)Cn2c3ccc(Cl)cc3c(=O)n2C(C)(C)C)cc(OC)c1OC. The van der Waals surface area contributed by atoms with Crippen molar-refractivity contribution in [3.63, 3.8) is 0 Å². The summed E-state index contributed by atoms with van der Waals surface area (Å²) in [5.74, 6) is 0.951. The molecule has 0 aliphatic carbocycles. The number of ether oxygens (including phenoxy) is 3. The first kappa shape index (κ1) is 22.6. The summed E-state index contributed by atoms with van der Waals surface area (Å²) in [4.78, 5) is 26.0. The molecule has 1 N–H and O–H groups in total. The molecule has 3 aromatic rings. The molecule has 31 heavy (non-hydrogen) atoms. The summed E-state index contributed by atoms with van der Waals surface area (Å²) in [6.07, 6.45) is 0. The molecule has 0 aliphatic rings. The Labute approximate surface area is 185 Å². The summed E-state index contributed by atoms with van der Waals surface area (Å²) < 4.78 is 19.2. The number of nitrogens with zero attached hydrogens (tertiary/aromatic N) is 2. The first-order valence-electron chi connectivity index (χ1n) is 9.62. The van der Waals surface area contributed by atoms with Gasteiger partial charge in [-0.25, -0.2) is 4.68 Å². The lowest BCUT2D eigenvalue weighted by Gasteiger charge is -2.24. The molecule has 0 atom stereocenters. The maximum Gasteiger partial charge on any atom is 0.275 e. The maximum absolute atomic E-state index is 13.0. The second-order valence-corrected chi connectivity index (χ2v) is 8.41. The van der Waals surface area contributed by atoms with Crippen LogP contribution in [-0.4, -0.2) is 36.6 Å². The zero-order valence-corrected chi connectivity index (χ0v) is 19.2. The Bertz CT molecular complexity index is 1170. The molecule has 0 aliphatic heterocycles. The number of anilines is 1. The number of nitrogens with one attached hydrogen (secondary N) is 1. The lowest BCUT2D eigenvalue weighted by molar-refractivity contribution is -0.117. The Hall–Kier alpha value is -3.13. The molecule has 166 valence electrons. The van der Waals surface area contributed by atoms with Crippen LogP contribution in [0.1, 0.15) is 20.8 Å². The number of amides is 1. The van der Waals surface area contributed by atoms with Crippen molar-refractivity contribution in [1.82, 2.24) is 9.36 Å². The summed E-state index contributed by atoms with van der Waals surface area (Å²) in [7, 11) is 4.51. The van der Waals surface area contributed by atoms with Gasteiger partial charge in [0.15, 0.2) is 11.5 Å². The van der Waals surface area contributed by atoms with E-state index in [1.54, 1.807) is 39.7 Å². The van der Waals surface area contributed by atoms with Crippen molar-refractivity contribution in [3.8, 4) is 17.2 Å². The minimum atomic E-state index is -0.546. The molecule has 0 bridgehead atoms. The number of fused-ring (bicyclic) bond motifs is 1. The minimum Gasteiger partial charge on any atom is -0.493 e. The van der Waals surface area contributed by atoms with Gasteiger partial charge in [0.2, 0.25) is 11.7 Å². The van der Waals surface area contributed by atoms with Crippen molar-refractivity contribution in [3.05, 3.63) is 45.7 Å². The molecule has 0 radical (unpaired) electrons. The van der Waals surface area contributed by atoms with Crippen LogP contribution in [0, 0.1) is 0 Å². The van der Waals surface area contributed by atoms with Gasteiger partial charge < -0.3 is 19.5 Å². The number of hydrogen-bond acceptors (Lipinski definition) is 5. The van der Waals surface area contributed by atoms with Crippen LogP contribution >= 0.6 is 11.6 Å². The topological polar surface area (TPSA) is 83.7 Å². The minimum absolute atomic E-state index is 0.0751. The van der Waals surface area contributed by atoms with E-state index >= 15 is 0 Å². The first-order valence-corrected chi connectivity index (χ1v) is 10.00. The van der Waals surface area contributed by atoms with Crippen molar-refractivity contribution in [2.75, 3.05) is 26.6 Å². The highest BCUT2D eigenvalue weighted by atomic mass is 35.5. The number of carbonyl (C=O) groups is 1. The highest BCUT2D eigenvalue weighted by Crippen LogP contribution is 2.40. The maximum atomic E-state index is 13.0. The monoisotopic (exact) mass is 447 g/mol. The number of methoxy groups -OCH3 is 3. The van der Waals surface area contributed by atoms with Crippen LogP contribution in [0.4, 0.5) is 5.69 Å². The van der Waals surface area contributed by atoms with Gasteiger partial charge in [0.05, 0.1) is 37.8 Å². The summed E-state index contributed by atoms with van der Waals surface area (Å²) in [5.41, 5.74) is 0.355. The molecule has 1 aromatic heterocycles. The third-order valence-electron chi connectivity index (χ3n) is 4.78. The molecule has 0 unspecified atom stereocenters. The zero-order chi connectivity index (χ0) is 22.9. The average molecular weight is 448 g/mol. The van der Waals surface area contributed by atoms with Crippen LogP contribution in [0.25, 0.3) is 10.9 Å². The molecule has 9 heteroatoms. The van der Waals surface area contributed by atoms with Crippen molar-refractivity contribution in [2.24, 2.45) is 0 Å². The molecule has 2 aromatic carbocycles. The number of benzene rings is 2. The largest absolute Gasteiger partial charge is 0.493 e. The predicted octanol–water partition coefficient (Wildman–Crippen LogP) is 3.88. The fourth-order valence-electron chi connectivity index (χ4n) is 3.55. The fraction of sp³-hybridized carbons (Fsp3) is 0.364. The van der Waals surface area contributed by atoms with E-state index < -0.39 is 5.54 Å². The standard InChI is InChI=1S/C22H26ClN3O5/c1-22(2,3)26-21(28)15-9-13(23)7-8-16(15)25(26)12-19(27)24-14-10-17(29-4)20(31-6)18(11-14)30-5/h7-11H,12H2,1-6H3,(H,24,27). The van der Waals surface area contributed by atoms with Crippen LogP contribution in [0.15, 0.2) is 35.1 Å². The highest BCUT2D eigenvalue weighted by Gasteiger charge is 2.24. The molecule has 0 fully saturated rings. The molecule has 3 rings (SSSR count). The van der Waals surface area contributed by atoms with E-state index in [4.69, 9.17) is 25.8 Å². The Morgan fingerprint density at radius 2 is 1.65 bits per heavy atom. The number of carbonyl (C=O) groups excluding carboxylic acids is 1. The summed E-state index contributed by atoms with van der Waals surface area (Å²) in [6, 6.07) is 8.35. The molecule has 8 nitrogen and oxygen atoms in total. The van der Waals surface area contributed by atoms with E-state index in [1.807, 2.05) is 20.8 Å². The van der Waals surface area contributed by atoms with Crippen molar-refractivity contribution in [2.45, 2.75) is 32.9 Å². The molecular weight excluding hydrogens is 422 g/mol. The number of hydrogen-bond donors (Lipinski definition) is 1. The van der Waals surface area contributed by atoms with E-state index in [-0.39, 0.29) is 18.0 Å². The molecule has 1 heterocycles. The van der Waals surface area contributed by atoms with Crippen LogP contribution in [0.3, 0.4) is 0 Å². The van der Waals surface area contributed by atoms with Crippen molar-refractivity contribution in [1.29, 1.82) is 0 Å². The van der Waals surface area contributed by atoms with Crippen molar-refractivity contribution < 1.29 is 19.0 Å². The second-order valence-electron chi connectivity index (χ2n) is 7.97. The number of halogens is 1. The molecular formula is C22H26ClN3O5. The van der Waals surface area contributed by atoms with Crippen LogP contribution in [-0.2, 0) is 16.9 Å². The lowest BCUT2D eigenvalue weighted by Crippen LogP contribution is -2.38. The predicted molar refractivity (Wildman–Crippen MR) is 121 cm³/mol. The van der Waals surface area contributed by atoms with E-state index in [9.17, 15) is 9.59 Å². The Morgan fingerprint density at radius 3 is 2.16 bits per heavy atom. The van der Waals surface area contributed by atoms with Gasteiger partial charge in [0.25, 0.3) is 5.56 Å². The van der Waals surface area contributed by atoms with Gasteiger partial charge in [0.1, 0.15) is 6.54 Å². The summed E-state index contributed by atoms with van der Waals surface area (Å²) in [5, 5.41) is 3.76. The van der Waals surface area contributed by atoms with E-state index in [2.05, 4.69) is 5.32 Å². The zero-order valence-electron chi connectivity index (χ0n) is 18.4. The molecule has 1 amide bonds. The molecule has 0 saturated heterocycles. The van der Waals surface area contributed by atoms with Gasteiger partial charge in [-0.2, -0.15) is 0 Å². The van der Waals surface area contributed by atoms with Gasteiger partial charge in [-0.1, -0.05) is 11.6 Å². The van der Waals surface area contributed by atoms with Crippen LogP contribution in [0.5, 0.6) is 17.2 Å². The van der Waals surface area contributed by atoms with E-state index in [0.29, 0.717) is 38.9 Å². The van der Waals surface area contributed by atoms with E-state index in [0.717, 1.165) is 0 Å². The molecule has 0 spiro atoms. The number of rotatable bonds is 6. The third-order valence-corrected chi connectivity index (χ3v) is 5.01. The molecule has 0 saturated carbocycles. The lowest BCUT2D eigenvalue weighted by atomic mass is 10.1. The fourth-order valence-corrected chi connectivity index (χ4v) is 3.72. The van der Waals surface area contributed by atoms with Crippen molar-refractivity contribution >= 4 is 34.1 Å². The van der Waals surface area contributed by atoms with Gasteiger partial charge in [0, 0.05) is 22.8 Å². The summed E-state index contributed by atoms with van der Waals surface area (Å²) in [6.45, 7) is 5.64. The quantitative estimate of drug-likeness (QED) is 0.620. The Morgan fingerprint density at radius 1 is 1.03 bits per heavy atom. The van der Waals surface area contributed by atoms with Gasteiger partial charge in [-0.3, -0.25) is 14.3 Å². The van der Waals surface area contributed by atoms with Gasteiger partial charge >= 0.3 is 0 Å². The normalized spacial score (nSPS) is 11.5. The highest BCUT2D eigenvalue weighted by molar-refractivity contribution is 6.31.